The minimum Gasteiger partial charge on any atom is -0.486 e. The highest BCUT2D eigenvalue weighted by Gasteiger charge is 2.09. The second-order valence-electron chi connectivity index (χ2n) is 3.42. The van der Waals surface area contributed by atoms with Crippen molar-refractivity contribution in [2.24, 2.45) is 0 Å². The maximum Gasteiger partial charge on any atom is 0.337 e. The summed E-state index contributed by atoms with van der Waals surface area (Å²) in [6, 6.07) is 8.03. The van der Waals surface area contributed by atoms with E-state index in [0.29, 0.717) is 11.5 Å². The number of anilines is 1. The van der Waals surface area contributed by atoms with E-state index in [-0.39, 0.29) is 17.9 Å². The smallest absolute Gasteiger partial charge is 0.337 e. The van der Waals surface area contributed by atoms with Gasteiger partial charge in [-0.2, -0.15) is 0 Å². The van der Waals surface area contributed by atoms with Crippen molar-refractivity contribution >= 4 is 11.7 Å². The van der Waals surface area contributed by atoms with Crippen molar-refractivity contribution in [3.8, 4) is 5.75 Å². The quantitative estimate of drug-likeness (QED) is 0.790. The first kappa shape index (κ1) is 11.1. The molecule has 2 rings (SSSR count). The van der Waals surface area contributed by atoms with Crippen LogP contribution >= 0.6 is 0 Å². The molecule has 0 saturated heterocycles. The first-order valence-corrected chi connectivity index (χ1v) is 4.95. The lowest BCUT2D eigenvalue weighted by atomic mass is 10.2. The van der Waals surface area contributed by atoms with Gasteiger partial charge in [-0.05, 0) is 30.3 Å². The Balaban J connectivity index is 2.11. The third-order valence-corrected chi connectivity index (χ3v) is 2.22. The summed E-state index contributed by atoms with van der Waals surface area (Å²) in [4.78, 5) is 10.9. The van der Waals surface area contributed by atoms with Crippen molar-refractivity contribution in [2.75, 3.05) is 5.73 Å². The molecular weight excluding hydrogens is 222 g/mol. The molecule has 5 nitrogen and oxygen atoms in total. The Morgan fingerprint density at radius 1 is 1.41 bits per heavy atom. The number of carboxylic acid groups (broad SMARTS) is 1. The van der Waals surface area contributed by atoms with Gasteiger partial charge in [0.25, 0.3) is 0 Å². The number of hydrogen-bond donors (Lipinski definition) is 2. The second-order valence-corrected chi connectivity index (χ2v) is 3.42. The lowest BCUT2D eigenvalue weighted by molar-refractivity contribution is 0.0697. The summed E-state index contributed by atoms with van der Waals surface area (Å²) in [6.45, 7) is 0.246. The maximum absolute atomic E-state index is 10.9. The van der Waals surface area contributed by atoms with Gasteiger partial charge in [0.15, 0.2) is 0 Å². The number of furan rings is 1. The molecule has 2 aromatic rings. The predicted molar refractivity (Wildman–Crippen MR) is 60.9 cm³/mol. The third kappa shape index (κ3) is 2.57. The van der Waals surface area contributed by atoms with Crippen LogP contribution in [-0.2, 0) is 6.61 Å². The number of aromatic carboxylic acids is 1. The lowest BCUT2D eigenvalue weighted by Crippen LogP contribution is -2.03. The van der Waals surface area contributed by atoms with E-state index in [1.54, 1.807) is 24.5 Å². The highest BCUT2D eigenvalue weighted by atomic mass is 16.5. The van der Waals surface area contributed by atoms with E-state index in [9.17, 15) is 4.79 Å². The first-order chi connectivity index (χ1) is 8.16. The molecule has 88 valence electrons. The highest BCUT2D eigenvalue weighted by molar-refractivity contribution is 5.94. The summed E-state index contributed by atoms with van der Waals surface area (Å²) in [5.41, 5.74) is 5.77. The Hall–Kier alpha value is -2.43. The van der Waals surface area contributed by atoms with Gasteiger partial charge in [0, 0.05) is 5.69 Å². The number of benzene rings is 1. The average Bonchev–Trinajstić information content (AvgIpc) is 2.80. The van der Waals surface area contributed by atoms with E-state index in [1.165, 1.54) is 12.1 Å². The van der Waals surface area contributed by atoms with Crippen LogP contribution in [0.15, 0.2) is 41.0 Å². The van der Waals surface area contributed by atoms with Crippen LogP contribution < -0.4 is 10.5 Å². The highest BCUT2D eigenvalue weighted by Crippen LogP contribution is 2.20. The van der Waals surface area contributed by atoms with Crippen molar-refractivity contribution in [1.29, 1.82) is 0 Å². The van der Waals surface area contributed by atoms with E-state index in [1.807, 2.05) is 0 Å². The van der Waals surface area contributed by atoms with E-state index in [2.05, 4.69) is 0 Å². The Bertz CT molecular complexity index is 519. The molecule has 17 heavy (non-hydrogen) atoms. The molecule has 0 aliphatic rings. The zero-order chi connectivity index (χ0) is 12.3. The van der Waals surface area contributed by atoms with Crippen LogP contribution in [0.5, 0.6) is 5.75 Å². The molecule has 0 aliphatic heterocycles. The second kappa shape index (κ2) is 4.61. The Kier molecular flexibility index (Phi) is 3.00. The zero-order valence-corrected chi connectivity index (χ0v) is 8.92. The number of carbonyl (C=O) groups is 1. The van der Waals surface area contributed by atoms with Crippen LogP contribution in [-0.4, -0.2) is 11.1 Å². The van der Waals surface area contributed by atoms with Crippen molar-refractivity contribution in [2.45, 2.75) is 6.61 Å². The van der Waals surface area contributed by atoms with Gasteiger partial charge in [0.2, 0.25) is 0 Å². The maximum atomic E-state index is 10.9. The van der Waals surface area contributed by atoms with Gasteiger partial charge in [0.1, 0.15) is 18.1 Å². The average molecular weight is 233 g/mol. The molecule has 0 radical (unpaired) electrons. The van der Waals surface area contributed by atoms with Gasteiger partial charge in [-0.15, -0.1) is 0 Å². The summed E-state index contributed by atoms with van der Waals surface area (Å²) in [5, 5.41) is 8.89. The molecule has 0 atom stereocenters. The Morgan fingerprint density at radius 3 is 2.88 bits per heavy atom. The monoisotopic (exact) mass is 233 g/mol. The molecular formula is C12H11NO4. The minimum absolute atomic E-state index is 0.0296. The van der Waals surface area contributed by atoms with Crippen LogP contribution in [0.1, 0.15) is 16.1 Å². The van der Waals surface area contributed by atoms with Crippen molar-refractivity contribution in [1.82, 2.24) is 0 Å². The largest absolute Gasteiger partial charge is 0.486 e. The van der Waals surface area contributed by atoms with Crippen molar-refractivity contribution in [3.63, 3.8) is 0 Å². The predicted octanol–water partition coefficient (Wildman–Crippen LogP) is 2.14. The minimum atomic E-state index is -1.08. The van der Waals surface area contributed by atoms with Crippen LogP contribution in [0.25, 0.3) is 0 Å². The Morgan fingerprint density at radius 2 is 2.24 bits per heavy atom. The van der Waals surface area contributed by atoms with Crippen LogP contribution in [0, 0.1) is 0 Å². The summed E-state index contributed by atoms with van der Waals surface area (Å²) in [7, 11) is 0. The van der Waals surface area contributed by atoms with E-state index < -0.39 is 5.97 Å². The van der Waals surface area contributed by atoms with Crippen LogP contribution in [0.2, 0.25) is 0 Å². The normalized spacial score (nSPS) is 10.1. The molecule has 0 unspecified atom stereocenters. The fourth-order valence-electron chi connectivity index (χ4n) is 1.36. The summed E-state index contributed by atoms with van der Waals surface area (Å²) in [6.07, 6.45) is 1.55. The summed E-state index contributed by atoms with van der Waals surface area (Å²) >= 11 is 0. The van der Waals surface area contributed by atoms with Gasteiger partial charge in [-0.25, -0.2) is 4.79 Å². The first-order valence-electron chi connectivity index (χ1n) is 4.95. The van der Waals surface area contributed by atoms with Crippen molar-refractivity contribution < 1.29 is 19.1 Å². The lowest BCUT2D eigenvalue weighted by Gasteiger charge is -2.06. The Labute approximate surface area is 97.4 Å². The van der Waals surface area contributed by atoms with E-state index in [0.717, 1.165) is 0 Å². The van der Waals surface area contributed by atoms with Crippen molar-refractivity contribution in [3.05, 3.63) is 47.9 Å². The number of carboxylic acids is 1. The van der Waals surface area contributed by atoms with Gasteiger partial charge in [-0.3, -0.25) is 0 Å². The molecule has 1 aromatic heterocycles. The number of nitrogen functional groups attached to an aromatic ring is 1. The van der Waals surface area contributed by atoms with E-state index >= 15 is 0 Å². The molecule has 0 spiro atoms. The molecule has 0 amide bonds. The molecule has 0 saturated carbocycles. The number of rotatable bonds is 4. The standard InChI is InChI=1S/C12H11NO4/c13-11-4-3-8(6-10(11)12(14)15)17-7-9-2-1-5-16-9/h1-6H,7,13H2,(H,14,15). The van der Waals surface area contributed by atoms with E-state index in [4.69, 9.17) is 20.0 Å². The summed E-state index contributed by atoms with van der Waals surface area (Å²) in [5.74, 6) is 0.0256. The number of hydrogen-bond acceptors (Lipinski definition) is 4. The van der Waals surface area contributed by atoms with Gasteiger partial charge in [0.05, 0.1) is 11.8 Å². The van der Waals surface area contributed by atoms with Crippen LogP contribution in [0.3, 0.4) is 0 Å². The van der Waals surface area contributed by atoms with Gasteiger partial charge < -0.3 is 20.0 Å². The number of ether oxygens (including phenoxy) is 1. The van der Waals surface area contributed by atoms with Gasteiger partial charge in [-0.1, -0.05) is 0 Å². The fourth-order valence-corrected chi connectivity index (χ4v) is 1.36. The molecule has 1 aromatic carbocycles. The molecule has 1 heterocycles. The topological polar surface area (TPSA) is 85.7 Å². The zero-order valence-electron chi connectivity index (χ0n) is 8.92. The molecule has 0 fully saturated rings. The molecule has 0 bridgehead atoms. The van der Waals surface area contributed by atoms with Gasteiger partial charge >= 0.3 is 5.97 Å². The SMILES string of the molecule is Nc1ccc(OCc2ccco2)cc1C(=O)O. The molecule has 5 heteroatoms. The number of nitrogens with two attached hydrogens (primary N) is 1. The molecule has 0 aliphatic carbocycles. The molecule has 3 N–H and O–H groups in total. The fraction of sp³-hybridized carbons (Fsp3) is 0.0833. The third-order valence-electron chi connectivity index (χ3n) is 2.22. The van der Waals surface area contributed by atoms with Crippen LogP contribution in [0.4, 0.5) is 5.69 Å². The summed E-state index contributed by atoms with van der Waals surface area (Å²) < 4.78 is 10.5.